The van der Waals surface area contributed by atoms with Gasteiger partial charge in [0, 0.05) is 25.9 Å². The van der Waals surface area contributed by atoms with Crippen LogP contribution in [0.15, 0.2) is 95.8 Å². The molecule has 0 aliphatic rings. The molecule has 6 rings (SSSR count). The van der Waals surface area contributed by atoms with Crippen LogP contribution in [0.2, 0.25) is 0 Å². The van der Waals surface area contributed by atoms with E-state index in [1.165, 1.54) is 25.7 Å². The number of benzene rings is 3. The van der Waals surface area contributed by atoms with E-state index < -0.39 is 0 Å². The Hall–Kier alpha value is -4.16. The predicted octanol–water partition coefficient (Wildman–Crippen LogP) is 6.74. The molecular formula is C28H21N3O2S. The number of aromatic nitrogens is 2. The van der Waals surface area contributed by atoms with Gasteiger partial charge in [0.15, 0.2) is 0 Å². The van der Waals surface area contributed by atoms with Crippen LogP contribution in [0, 0.1) is 6.92 Å². The van der Waals surface area contributed by atoms with Crippen molar-refractivity contribution >= 4 is 37.4 Å². The van der Waals surface area contributed by atoms with Crippen LogP contribution in [-0.2, 0) is 6.54 Å². The van der Waals surface area contributed by atoms with Gasteiger partial charge in [-0.05, 0) is 48.4 Å². The molecule has 3 heterocycles. The van der Waals surface area contributed by atoms with Crippen molar-refractivity contribution in [2.45, 2.75) is 13.5 Å². The van der Waals surface area contributed by atoms with Crippen LogP contribution in [0.5, 0.6) is 0 Å². The van der Waals surface area contributed by atoms with E-state index in [0.29, 0.717) is 12.2 Å². The summed E-state index contributed by atoms with van der Waals surface area (Å²) in [5, 5.41) is 5.46. The van der Waals surface area contributed by atoms with Crippen LogP contribution >= 0.6 is 11.3 Å². The van der Waals surface area contributed by atoms with Gasteiger partial charge < -0.3 is 9.73 Å². The third kappa shape index (κ3) is 3.58. The summed E-state index contributed by atoms with van der Waals surface area (Å²) in [5.74, 6) is 1.33. The van der Waals surface area contributed by atoms with E-state index in [0.717, 1.165) is 22.8 Å². The summed E-state index contributed by atoms with van der Waals surface area (Å²) < 4.78 is 9.91. The molecule has 1 amide bonds. The predicted molar refractivity (Wildman–Crippen MR) is 137 cm³/mol. The minimum Gasteiger partial charge on any atom is -0.465 e. The van der Waals surface area contributed by atoms with Crippen LogP contribution in [0.4, 0.5) is 0 Å². The normalized spacial score (nSPS) is 11.3. The number of thiophene rings is 1. The van der Waals surface area contributed by atoms with E-state index in [9.17, 15) is 4.79 Å². The van der Waals surface area contributed by atoms with Gasteiger partial charge in [0.05, 0.1) is 19.1 Å². The first kappa shape index (κ1) is 20.4. The number of rotatable bonds is 5. The Morgan fingerprint density at radius 3 is 2.74 bits per heavy atom. The third-order valence-electron chi connectivity index (χ3n) is 5.93. The van der Waals surface area contributed by atoms with Crippen molar-refractivity contribution in [2.24, 2.45) is 0 Å². The lowest BCUT2D eigenvalue weighted by atomic mass is 10.0. The molecule has 0 saturated carbocycles. The quantitative estimate of drug-likeness (QED) is 0.308. The molecule has 0 unspecified atom stereocenters. The van der Waals surface area contributed by atoms with E-state index in [1.807, 2.05) is 47.1 Å². The van der Waals surface area contributed by atoms with Crippen molar-refractivity contribution in [1.29, 1.82) is 0 Å². The number of aryl methyl sites for hydroxylation is 1. The Morgan fingerprint density at radius 1 is 1.00 bits per heavy atom. The average molecular weight is 464 g/mol. The Kier molecular flexibility index (Phi) is 5.00. The Morgan fingerprint density at radius 2 is 1.85 bits per heavy atom. The maximum Gasteiger partial charge on any atom is 0.270 e. The number of nitrogens with one attached hydrogen (secondary N) is 1. The van der Waals surface area contributed by atoms with Gasteiger partial charge in [0.2, 0.25) is 0 Å². The zero-order valence-corrected chi connectivity index (χ0v) is 19.3. The van der Waals surface area contributed by atoms with Crippen LogP contribution in [-0.4, -0.2) is 15.5 Å². The monoisotopic (exact) mass is 463 g/mol. The number of carbonyl (C=O) groups excluding carboxylic acids is 1. The summed E-state index contributed by atoms with van der Waals surface area (Å²) in [4.78, 5) is 17.1. The molecule has 0 aliphatic carbocycles. The van der Waals surface area contributed by atoms with Gasteiger partial charge in [-0.15, -0.1) is 11.3 Å². The zero-order valence-electron chi connectivity index (χ0n) is 18.5. The summed E-state index contributed by atoms with van der Waals surface area (Å²) in [5.41, 5.74) is 3.63. The molecule has 0 saturated heterocycles. The Bertz CT molecular complexity index is 1660. The first-order valence-corrected chi connectivity index (χ1v) is 11.9. The first-order chi connectivity index (χ1) is 16.7. The number of imidazole rings is 1. The van der Waals surface area contributed by atoms with Gasteiger partial charge in [-0.2, -0.15) is 0 Å². The number of hydrogen-bond acceptors (Lipinski definition) is 4. The Labute approximate surface area is 200 Å². The third-order valence-corrected chi connectivity index (χ3v) is 7.15. The Balaban J connectivity index is 1.35. The fourth-order valence-corrected chi connectivity index (χ4v) is 5.54. The molecule has 0 aliphatic heterocycles. The topological polar surface area (TPSA) is 60.1 Å². The minimum atomic E-state index is -0.205. The molecule has 0 spiro atoms. The van der Waals surface area contributed by atoms with Crippen LogP contribution < -0.4 is 5.32 Å². The smallest absolute Gasteiger partial charge is 0.270 e. The summed E-state index contributed by atoms with van der Waals surface area (Å²) in [6, 6.07) is 26.9. The van der Waals surface area contributed by atoms with Crippen LogP contribution in [0.1, 0.15) is 22.0 Å². The molecule has 1 N–H and O–H groups in total. The molecule has 0 radical (unpaired) electrons. The maximum atomic E-state index is 12.9. The van der Waals surface area contributed by atoms with Crippen molar-refractivity contribution in [3.05, 3.63) is 109 Å². The van der Waals surface area contributed by atoms with Crippen molar-refractivity contribution < 1.29 is 9.21 Å². The van der Waals surface area contributed by atoms with Crippen molar-refractivity contribution in [3.63, 3.8) is 0 Å². The highest BCUT2D eigenvalue weighted by Crippen LogP contribution is 2.40. The molecule has 0 fully saturated rings. The second-order valence-electron chi connectivity index (χ2n) is 8.17. The van der Waals surface area contributed by atoms with Gasteiger partial charge in [0.1, 0.15) is 17.2 Å². The lowest BCUT2D eigenvalue weighted by Gasteiger charge is -2.11. The second kappa shape index (κ2) is 8.32. The summed E-state index contributed by atoms with van der Waals surface area (Å²) in [7, 11) is 0. The fourth-order valence-electron chi connectivity index (χ4n) is 4.30. The van der Waals surface area contributed by atoms with Gasteiger partial charge in [-0.25, -0.2) is 4.98 Å². The van der Waals surface area contributed by atoms with Gasteiger partial charge in [0.25, 0.3) is 5.91 Å². The molecule has 34 heavy (non-hydrogen) atoms. The molecule has 3 aromatic heterocycles. The second-order valence-corrected chi connectivity index (χ2v) is 9.23. The molecule has 0 bridgehead atoms. The molecule has 6 aromatic rings. The summed E-state index contributed by atoms with van der Waals surface area (Å²) in [6.45, 7) is 2.21. The highest BCUT2D eigenvalue weighted by molar-refractivity contribution is 7.26. The number of amides is 1. The van der Waals surface area contributed by atoms with E-state index in [4.69, 9.17) is 4.42 Å². The maximum absolute atomic E-state index is 12.9. The first-order valence-electron chi connectivity index (χ1n) is 11.0. The summed E-state index contributed by atoms with van der Waals surface area (Å²) >= 11 is 1.81. The van der Waals surface area contributed by atoms with E-state index in [1.54, 1.807) is 12.5 Å². The number of carbonyl (C=O) groups is 1. The van der Waals surface area contributed by atoms with Crippen molar-refractivity contribution in [2.75, 3.05) is 0 Å². The lowest BCUT2D eigenvalue weighted by Crippen LogP contribution is -2.24. The fraction of sp³-hybridized carbons (Fsp3) is 0.0714. The minimum absolute atomic E-state index is 0.205. The van der Waals surface area contributed by atoms with Gasteiger partial charge in [-0.1, -0.05) is 48.5 Å². The molecule has 6 heteroatoms. The van der Waals surface area contributed by atoms with E-state index >= 15 is 0 Å². The SMILES string of the molecule is Cc1ccc(CNC(=O)c2cncn2-c2cccc(-c3cccc4c3sc3ccccc34)c2)o1. The number of hydrogen-bond donors (Lipinski definition) is 1. The van der Waals surface area contributed by atoms with Gasteiger partial charge >= 0.3 is 0 Å². The number of fused-ring (bicyclic) bond motifs is 3. The highest BCUT2D eigenvalue weighted by atomic mass is 32.1. The molecule has 3 aromatic carbocycles. The average Bonchev–Trinajstić information content (AvgIpc) is 3.60. The largest absolute Gasteiger partial charge is 0.465 e. The van der Waals surface area contributed by atoms with Crippen molar-refractivity contribution in [3.8, 4) is 16.8 Å². The van der Waals surface area contributed by atoms with Crippen molar-refractivity contribution in [1.82, 2.24) is 14.9 Å². The highest BCUT2D eigenvalue weighted by Gasteiger charge is 2.15. The summed E-state index contributed by atoms with van der Waals surface area (Å²) in [6.07, 6.45) is 3.26. The number of nitrogens with zero attached hydrogens (tertiary/aromatic N) is 2. The lowest BCUT2D eigenvalue weighted by molar-refractivity contribution is 0.0941. The molecular weight excluding hydrogens is 442 g/mol. The van der Waals surface area contributed by atoms with Crippen LogP contribution in [0.3, 0.4) is 0 Å². The standard InChI is InChI=1S/C28H21N3O2S/c1-18-12-13-21(33-18)15-30-28(32)25-16-29-17-31(25)20-7-4-6-19(14-20)22-9-5-10-24-23-8-2-3-11-26(23)34-27(22)24/h2-14,16-17H,15H2,1H3,(H,30,32). The van der Waals surface area contributed by atoms with E-state index in [2.05, 4.69) is 64.9 Å². The molecule has 0 atom stereocenters. The van der Waals surface area contributed by atoms with Gasteiger partial charge in [-0.3, -0.25) is 9.36 Å². The number of furan rings is 1. The van der Waals surface area contributed by atoms with E-state index in [-0.39, 0.29) is 5.91 Å². The molecule has 166 valence electrons. The zero-order chi connectivity index (χ0) is 23.1. The molecule has 5 nitrogen and oxygen atoms in total. The van der Waals surface area contributed by atoms with Crippen LogP contribution in [0.25, 0.3) is 37.0 Å².